The number of hydrogen-bond donors (Lipinski definition) is 0. The van der Waals surface area contributed by atoms with E-state index in [-0.39, 0.29) is 12.4 Å². The molecule has 58 valence electrons. The van der Waals surface area contributed by atoms with Gasteiger partial charge in [0.1, 0.15) is 0 Å². The van der Waals surface area contributed by atoms with Gasteiger partial charge in [0.15, 0.2) is 0 Å². The highest BCUT2D eigenvalue weighted by molar-refractivity contribution is 6.17. The average molecular weight is 181 g/mol. The van der Waals surface area contributed by atoms with E-state index < -0.39 is 0 Å². The third-order valence-electron chi connectivity index (χ3n) is 1.48. The summed E-state index contributed by atoms with van der Waals surface area (Å²) in [6.45, 7) is 2.00. The van der Waals surface area contributed by atoms with Crippen LogP contribution in [0.25, 0.3) is 0 Å². The lowest BCUT2D eigenvalue weighted by molar-refractivity contribution is 0.739. The third-order valence-corrected chi connectivity index (χ3v) is 1.77. The number of aromatic nitrogens is 2. The van der Waals surface area contributed by atoms with Crippen LogP contribution in [0.2, 0.25) is 0 Å². The van der Waals surface area contributed by atoms with Crippen LogP contribution >= 0.6 is 24.0 Å². The van der Waals surface area contributed by atoms with Crippen molar-refractivity contribution >= 4 is 24.0 Å². The molecule has 1 heterocycles. The van der Waals surface area contributed by atoms with Crippen molar-refractivity contribution < 1.29 is 0 Å². The second-order valence-corrected chi connectivity index (χ2v) is 2.28. The number of alkyl halides is 1. The summed E-state index contributed by atoms with van der Waals surface area (Å²) in [7, 11) is 1.91. The van der Waals surface area contributed by atoms with E-state index in [1.165, 1.54) is 0 Å². The van der Waals surface area contributed by atoms with E-state index in [2.05, 4.69) is 5.10 Å². The van der Waals surface area contributed by atoms with Gasteiger partial charge in [0.05, 0.1) is 12.1 Å². The molecule has 0 radical (unpaired) electrons. The predicted octanol–water partition coefficient (Wildman–Crippen LogP) is 1.89. The Morgan fingerprint density at radius 2 is 2.30 bits per heavy atom. The maximum atomic E-state index is 5.59. The molecule has 0 aliphatic heterocycles. The Kier molecular flexibility index (Phi) is 3.76. The summed E-state index contributed by atoms with van der Waals surface area (Å²) in [4.78, 5) is 0. The van der Waals surface area contributed by atoms with Gasteiger partial charge >= 0.3 is 0 Å². The first-order valence-corrected chi connectivity index (χ1v) is 3.32. The van der Waals surface area contributed by atoms with E-state index in [1.54, 1.807) is 6.20 Å². The largest absolute Gasteiger partial charge is 0.273 e. The van der Waals surface area contributed by atoms with Gasteiger partial charge in [-0.2, -0.15) is 5.10 Å². The van der Waals surface area contributed by atoms with Crippen molar-refractivity contribution in [2.75, 3.05) is 0 Å². The summed E-state index contributed by atoms with van der Waals surface area (Å²) < 4.78 is 1.82. The molecule has 0 aromatic carbocycles. The molecular formula is C6H10Cl2N2. The molecule has 0 unspecified atom stereocenters. The van der Waals surface area contributed by atoms with Gasteiger partial charge in [-0.3, -0.25) is 4.68 Å². The topological polar surface area (TPSA) is 17.8 Å². The van der Waals surface area contributed by atoms with E-state index in [0.717, 1.165) is 11.3 Å². The van der Waals surface area contributed by atoms with Crippen LogP contribution in [0, 0.1) is 6.92 Å². The fraction of sp³-hybridized carbons (Fsp3) is 0.500. The number of hydrogen-bond acceptors (Lipinski definition) is 1. The van der Waals surface area contributed by atoms with Crippen molar-refractivity contribution in [1.29, 1.82) is 0 Å². The zero-order valence-corrected chi connectivity index (χ0v) is 7.54. The number of nitrogens with zero attached hydrogens (tertiary/aromatic N) is 2. The molecule has 0 saturated heterocycles. The van der Waals surface area contributed by atoms with Crippen molar-refractivity contribution in [2.24, 2.45) is 7.05 Å². The fourth-order valence-corrected chi connectivity index (χ4v) is 0.938. The SMILES string of the molecule is Cc1c(CCl)cnn1C.Cl. The second kappa shape index (κ2) is 3.84. The standard InChI is InChI=1S/C6H9ClN2.ClH/c1-5-6(3-7)4-8-9(5)2;/h4H,3H2,1-2H3;1H. The van der Waals surface area contributed by atoms with Crippen molar-refractivity contribution in [1.82, 2.24) is 9.78 Å². The Bertz CT molecular complexity index is 208. The van der Waals surface area contributed by atoms with E-state index in [4.69, 9.17) is 11.6 Å². The molecule has 10 heavy (non-hydrogen) atoms. The highest BCUT2D eigenvalue weighted by atomic mass is 35.5. The average Bonchev–Trinajstić information content (AvgIpc) is 2.15. The first-order valence-electron chi connectivity index (χ1n) is 2.79. The molecule has 0 aliphatic rings. The first kappa shape index (κ1) is 9.79. The van der Waals surface area contributed by atoms with Gasteiger partial charge in [-0.25, -0.2) is 0 Å². The smallest absolute Gasteiger partial charge is 0.0536 e. The van der Waals surface area contributed by atoms with Gasteiger partial charge < -0.3 is 0 Å². The molecule has 0 saturated carbocycles. The van der Waals surface area contributed by atoms with E-state index in [1.807, 2.05) is 18.7 Å². The summed E-state index contributed by atoms with van der Waals surface area (Å²) in [6, 6.07) is 0. The Morgan fingerprint density at radius 1 is 1.70 bits per heavy atom. The molecule has 1 aromatic heterocycles. The monoisotopic (exact) mass is 180 g/mol. The molecule has 0 atom stereocenters. The van der Waals surface area contributed by atoms with E-state index in [0.29, 0.717) is 5.88 Å². The minimum Gasteiger partial charge on any atom is -0.273 e. The molecule has 0 fully saturated rings. The van der Waals surface area contributed by atoms with Crippen LogP contribution in [0.1, 0.15) is 11.3 Å². The van der Waals surface area contributed by atoms with Crippen molar-refractivity contribution in [2.45, 2.75) is 12.8 Å². The normalized spacial score (nSPS) is 9.10. The Morgan fingerprint density at radius 3 is 2.50 bits per heavy atom. The summed E-state index contributed by atoms with van der Waals surface area (Å²) in [5.74, 6) is 0.555. The van der Waals surface area contributed by atoms with Crippen LogP contribution in [-0.2, 0) is 12.9 Å². The van der Waals surface area contributed by atoms with Crippen LogP contribution in [0.5, 0.6) is 0 Å². The lowest BCUT2D eigenvalue weighted by Crippen LogP contribution is -1.92. The minimum atomic E-state index is 0. The maximum absolute atomic E-state index is 5.59. The molecule has 1 aromatic rings. The zero-order chi connectivity index (χ0) is 6.85. The molecule has 0 aliphatic carbocycles. The predicted molar refractivity (Wildman–Crippen MR) is 44.8 cm³/mol. The molecule has 0 bridgehead atoms. The van der Waals surface area contributed by atoms with Crippen molar-refractivity contribution in [3.05, 3.63) is 17.5 Å². The molecular weight excluding hydrogens is 171 g/mol. The Balaban J connectivity index is 0.000000810. The minimum absolute atomic E-state index is 0. The van der Waals surface area contributed by atoms with Crippen LogP contribution < -0.4 is 0 Å². The van der Waals surface area contributed by atoms with Crippen LogP contribution in [0.3, 0.4) is 0 Å². The molecule has 0 spiro atoms. The lowest BCUT2D eigenvalue weighted by Gasteiger charge is -1.92. The van der Waals surface area contributed by atoms with Crippen LogP contribution in [-0.4, -0.2) is 9.78 Å². The number of aryl methyl sites for hydroxylation is 1. The van der Waals surface area contributed by atoms with E-state index >= 15 is 0 Å². The molecule has 0 amide bonds. The van der Waals surface area contributed by atoms with E-state index in [9.17, 15) is 0 Å². The fourth-order valence-electron chi connectivity index (χ4n) is 0.675. The summed E-state index contributed by atoms with van der Waals surface area (Å²) in [6.07, 6.45) is 1.79. The van der Waals surface area contributed by atoms with Crippen molar-refractivity contribution in [3.8, 4) is 0 Å². The van der Waals surface area contributed by atoms with Crippen LogP contribution in [0.4, 0.5) is 0 Å². The summed E-state index contributed by atoms with van der Waals surface area (Å²) in [5, 5.41) is 4.02. The zero-order valence-electron chi connectivity index (χ0n) is 5.97. The summed E-state index contributed by atoms with van der Waals surface area (Å²) in [5.41, 5.74) is 2.25. The van der Waals surface area contributed by atoms with Gasteiger partial charge in [-0.05, 0) is 6.92 Å². The van der Waals surface area contributed by atoms with Crippen LogP contribution in [0.15, 0.2) is 6.20 Å². The van der Waals surface area contributed by atoms with Gasteiger partial charge in [0.2, 0.25) is 0 Å². The van der Waals surface area contributed by atoms with Crippen molar-refractivity contribution in [3.63, 3.8) is 0 Å². The van der Waals surface area contributed by atoms with Gasteiger partial charge in [0, 0.05) is 18.3 Å². The summed E-state index contributed by atoms with van der Waals surface area (Å²) >= 11 is 5.59. The van der Waals surface area contributed by atoms with Gasteiger partial charge in [0.25, 0.3) is 0 Å². The molecule has 4 heteroatoms. The first-order chi connectivity index (χ1) is 4.25. The molecule has 2 nitrogen and oxygen atoms in total. The molecule has 0 N–H and O–H groups in total. The second-order valence-electron chi connectivity index (χ2n) is 2.01. The maximum Gasteiger partial charge on any atom is 0.0536 e. The lowest BCUT2D eigenvalue weighted by atomic mass is 10.3. The number of rotatable bonds is 1. The van der Waals surface area contributed by atoms with Gasteiger partial charge in [-0.1, -0.05) is 0 Å². The highest BCUT2D eigenvalue weighted by Crippen LogP contribution is 2.07. The number of halogens is 2. The Labute approximate surface area is 71.6 Å². The quantitative estimate of drug-likeness (QED) is 0.605. The third kappa shape index (κ3) is 1.64. The molecule has 1 rings (SSSR count). The Hall–Kier alpha value is -0.210. The highest BCUT2D eigenvalue weighted by Gasteiger charge is 1.99. The van der Waals surface area contributed by atoms with Gasteiger partial charge in [-0.15, -0.1) is 24.0 Å².